The van der Waals surface area contributed by atoms with Crippen LogP contribution in [0.25, 0.3) is 0 Å². The first-order valence-corrected chi connectivity index (χ1v) is 6.97. The third-order valence-corrected chi connectivity index (χ3v) is 3.87. The minimum absolute atomic E-state index is 0.336. The third-order valence-electron chi connectivity index (χ3n) is 3.87. The van der Waals surface area contributed by atoms with E-state index in [2.05, 4.69) is 25.2 Å². The molecule has 96 valence electrons. The Balaban J connectivity index is 1.92. The first-order chi connectivity index (χ1) is 8.16. The van der Waals surface area contributed by atoms with Gasteiger partial charge < -0.3 is 4.74 Å². The van der Waals surface area contributed by atoms with Gasteiger partial charge in [-0.15, -0.1) is 0 Å². The van der Waals surface area contributed by atoms with E-state index in [9.17, 15) is 5.26 Å². The molecule has 0 aromatic heterocycles. The lowest BCUT2D eigenvalue weighted by Gasteiger charge is -2.31. The number of nitriles is 1. The van der Waals surface area contributed by atoms with Crippen molar-refractivity contribution in [3.05, 3.63) is 0 Å². The van der Waals surface area contributed by atoms with E-state index in [-0.39, 0.29) is 0 Å². The first-order valence-electron chi connectivity index (χ1n) is 6.97. The predicted molar refractivity (Wildman–Crippen MR) is 67.5 cm³/mol. The Morgan fingerprint density at radius 2 is 1.94 bits per heavy atom. The number of hydrogen-bond acceptors (Lipinski definition) is 3. The first kappa shape index (κ1) is 12.9. The summed E-state index contributed by atoms with van der Waals surface area (Å²) >= 11 is 0. The van der Waals surface area contributed by atoms with Crippen molar-refractivity contribution in [3.63, 3.8) is 0 Å². The fraction of sp³-hybridized carbons (Fsp3) is 0.929. The molecule has 2 aliphatic rings. The molecule has 0 bridgehead atoms. The summed E-state index contributed by atoms with van der Waals surface area (Å²) < 4.78 is 5.98. The molecule has 0 aromatic carbocycles. The summed E-state index contributed by atoms with van der Waals surface area (Å²) in [7, 11) is 0. The van der Waals surface area contributed by atoms with Gasteiger partial charge in [0.25, 0.3) is 0 Å². The monoisotopic (exact) mass is 236 g/mol. The molecule has 17 heavy (non-hydrogen) atoms. The number of nitrogens with zero attached hydrogens (tertiary/aromatic N) is 1. The molecule has 2 rings (SSSR count). The minimum Gasteiger partial charge on any atom is -0.375 e. The Morgan fingerprint density at radius 1 is 1.29 bits per heavy atom. The smallest absolute Gasteiger partial charge is 0.133 e. The van der Waals surface area contributed by atoms with Crippen molar-refractivity contribution in [1.82, 2.24) is 5.32 Å². The molecule has 2 fully saturated rings. The van der Waals surface area contributed by atoms with Crippen molar-refractivity contribution in [2.75, 3.05) is 6.61 Å². The van der Waals surface area contributed by atoms with Crippen LogP contribution in [0.5, 0.6) is 0 Å². The van der Waals surface area contributed by atoms with Crippen molar-refractivity contribution in [2.24, 2.45) is 5.92 Å². The zero-order valence-corrected chi connectivity index (χ0v) is 11.0. The molecular weight excluding hydrogens is 212 g/mol. The van der Waals surface area contributed by atoms with E-state index in [4.69, 9.17) is 4.74 Å². The van der Waals surface area contributed by atoms with Gasteiger partial charge in [-0.1, -0.05) is 12.8 Å². The lowest BCUT2D eigenvalue weighted by molar-refractivity contribution is 0.0196. The Labute approximate surface area is 105 Å². The molecule has 1 N–H and O–H groups in total. The highest BCUT2D eigenvalue weighted by atomic mass is 16.5. The summed E-state index contributed by atoms with van der Waals surface area (Å²) in [6, 6.07) is 2.83. The molecule has 1 atom stereocenters. The molecule has 3 nitrogen and oxygen atoms in total. The summed E-state index contributed by atoms with van der Waals surface area (Å²) in [5.41, 5.74) is -0.434. The van der Waals surface area contributed by atoms with Gasteiger partial charge in [-0.3, -0.25) is 5.32 Å². The lowest BCUT2D eigenvalue weighted by atomic mass is 9.95. The molecule has 1 unspecified atom stereocenters. The molecule has 0 heterocycles. The minimum atomic E-state index is -0.434. The van der Waals surface area contributed by atoms with Crippen LogP contribution < -0.4 is 5.32 Å². The molecule has 0 radical (unpaired) electrons. The maximum atomic E-state index is 9.52. The van der Waals surface area contributed by atoms with E-state index in [1.807, 2.05) is 0 Å². The summed E-state index contributed by atoms with van der Waals surface area (Å²) in [6.45, 7) is 4.77. The predicted octanol–water partition coefficient (Wildman–Crippen LogP) is 2.62. The number of ether oxygens (including phenoxy) is 1. The Kier molecular flexibility index (Phi) is 4.06. The van der Waals surface area contributed by atoms with Crippen molar-refractivity contribution in [1.29, 1.82) is 5.26 Å². The average Bonchev–Trinajstić information content (AvgIpc) is 3.02. The molecule has 3 heteroatoms. The van der Waals surface area contributed by atoms with E-state index in [0.29, 0.717) is 24.7 Å². The maximum absolute atomic E-state index is 9.52. The van der Waals surface area contributed by atoms with Crippen molar-refractivity contribution < 1.29 is 4.74 Å². The Morgan fingerprint density at radius 3 is 2.41 bits per heavy atom. The molecule has 2 aliphatic carbocycles. The molecule has 0 spiro atoms. The maximum Gasteiger partial charge on any atom is 0.133 e. The van der Waals surface area contributed by atoms with Gasteiger partial charge in [0.05, 0.1) is 18.8 Å². The van der Waals surface area contributed by atoms with E-state index in [0.717, 1.165) is 0 Å². The average molecular weight is 236 g/mol. The van der Waals surface area contributed by atoms with Gasteiger partial charge >= 0.3 is 0 Å². The molecule has 0 saturated heterocycles. The van der Waals surface area contributed by atoms with Crippen LogP contribution in [0.3, 0.4) is 0 Å². The van der Waals surface area contributed by atoms with Crippen LogP contribution in [0, 0.1) is 17.2 Å². The lowest BCUT2D eigenvalue weighted by Crippen LogP contribution is -2.53. The van der Waals surface area contributed by atoms with Crippen molar-refractivity contribution in [3.8, 4) is 6.07 Å². The van der Waals surface area contributed by atoms with Gasteiger partial charge in [-0.05, 0) is 45.4 Å². The normalized spacial score (nSPS) is 24.8. The topological polar surface area (TPSA) is 45.0 Å². The number of hydrogen-bond donors (Lipinski definition) is 1. The Hall–Kier alpha value is -0.590. The number of nitrogens with one attached hydrogen (secondary N) is 1. The van der Waals surface area contributed by atoms with Gasteiger partial charge in [0.15, 0.2) is 0 Å². The van der Waals surface area contributed by atoms with Gasteiger partial charge in [0.2, 0.25) is 0 Å². The van der Waals surface area contributed by atoms with Crippen LogP contribution in [-0.4, -0.2) is 24.3 Å². The van der Waals surface area contributed by atoms with E-state index in [1.54, 1.807) is 0 Å². The second-order valence-electron chi connectivity index (χ2n) is 5.87. The summed E-state index contributed by atoms with van der Waals surface area (Å²) in [4.78, 5) is 0. The summed E-state index contributed by atoms with van der Waals surface area (Å²) in [6.07, 6.45) is 7.65. The fourth-order valence-corrected chi connectivity index (χ4v) is 2.83. The quantitative estimate of drug-likeness (QED) is 0.771. The fourth-order valence-electron chi connectivity index (χ4n) is 2.83. The molecular formula is C14H24N2O. The van der Waals surface area contributed by atoms with Crippen LogP contribution in [0.1, 0.15) is 52.4 Å². The SMILES string of the molecule is CC(C)NC(C#N)(COC1CCCC1)C1CC1. The van der Waals surface area contributed by atoms with Gasteiger partial charge in [-0.2, -0.15) is 5.26 Å². The number of rotatable bonds is 6. The molecule has 0 amide bonds. The largest absolute Gasteiger partial charge is 0.375 e. The molecule has 0 aliphatic heterocycles. The third kappa shape index (κ3) is 3.20. The van der Waals surface area contributed by atoms with Crippen LogP contribution in [0.15, 0.2) is 0 Å². The zero-order valence-electron chi connectivity index (χ0n) is 11.0. The van der Waals surface area contributed by atoms with Crippen molar-refractivity contribution >= 4 is 0 Å². The summed E-state index contributed by atoms with van der Waals surface area (Å²) in [5.74, 6) is 0.497. The van der Waals surface area contributed by atoms with Crippen molar-refractivity contribution in [2.45, 2.75) is 70.1 Å². The standard InChI is InChI=1S/C14H24N2O/c1-11(2)16-14(9-15,12-7-8-12)10-17-13-5-3-4-6-13/h11-13,16H,3-8,10H2,1-2H3. The van der Waals surface area contributed by atoms with E-state index < -0.39 is 5.54 Å². The van der Waals surface area contributed by atoms with Crippen LogP contribution >= 0.6 is 0 Å². The van der Waals surface area contributed by atoms with Crippen LogP contribution in [0.2, 0.25) is 0 Å². The van der Waals surface area contributed by atoms with E-state index >= 15 is 0 Å². The molecule has 2 saturated carbocycles. The Bertz CT molecular complexity index is 287. The second-order valence-corrected chi connectivity index (χ2v) is 5.87. The molecule has 0 aromatic rings. The van der Waals surface area contributed by atoms with Crippen LogP contribution in [0.4, 0.5) is 0 Å². The highest BCUT2D eigenvalue weighted by Crippen LogP contribution is 2.40. The van der Waals surface area contributed by atoms with Crippen LogP contribution in [-0.2, 0) is 4.74 Å². The second kappa shape index (κ2) is 5.37. The highest BCUT2D eigenvalue weighted by Gasteiger charge is 2.46. The van der Waals surface area contributed by atoms with E-state index in [1.165, 1.54) is 38.5 Å². The van der Waals surface area contributed by atoms with Gasteiger partial charge in [-0.25, -0.2) is 0 Å². The van der Waals surface area contributed by atoms with Gasteiger partial charge in [0, 0.05) is 6.04 Å². The zero-order chi connectivity index (χ0) is 12.3. The summed E-state index contributed by atoms with van der Waals surface area (Å²) in [5, 5.41) is 13.0. The highest BCUT2D eigenvalue weighted by molar-refractivity contribution is 5.16. The van der Waals surface area contributed by atoms with Gasteiger partial charge in [0.1, 0.15) is 5.54 Å².